The lowest BCUT2D eigenvalue weighted by molar-refractivity contribution is 0.130. The summed E-state index contributed by atoms with van der Waals surface area (Å²) < 4.78 is 15.4. The predicted molar refractivity (Wildman–Crippen MR) is 58.4 cm³/mol. The van der Waals surface area contributed by atoms with Crippen molar-refractivity contribution in [3.05, 3.63) is 22.9 Å². The van der Waals surface area contributed by atoms with Crippen molar-refractivity contribution >= 4 is 27.0 Å². The molecule has 0 saturated heterocycles. The van der Waals surface area contributed by atoms with E-state index in [-0.39, 0.29) is 6.04 Å². The standard InChI is InChI=1S/C10H9BrFN3/c11-9-2-1-6-5-13-15(10(6)14-9)8-3-7(12)4-8/h1-2,5,7-8H,3-4H2. The van der Waals surface area contributed by atoms with E-state index in [1.54, 1.807) is 6.20 Å². The van der Waals surface area contributed by atoms with Gasteiger partial charge in [-0.3, -0.25) is 0 Å². The Kier molecular flexibility index (Phi) is 2.02. The summed E-state index contributed by atoms with van der Waals surface area (Å²) in [7, 11) is 0. The van der Waals surface area contributed by atoms with E-state index in [9.17, 15) is 4.39 Å². The zero-order valence-electron chi connectivity index (χ0n) is 7.90. The van der Waals surface area contributed by atoms with E-state index in [0.717, 1.165) is 15.6 Å². The second kappa shape index (κ2) is 3.27. The quantitative estimate of drug-likeness (QED) is 0.746. The summed E-state index contributed by atoms with van der Waals surface area (Å²) in [5.41, 5.74) is 0.835. The SMILES string of the molecule is FC1CC(n2ncc3ccc(Br)nc32)C1. The van der Waals surface area contributed by atoms with Crippen LogP contribution in [0.3, 0.4) is 0 Å². The molecule has 5 heteroatoms. The van der Waals surface area contributed by atoms with Crippen molar-refractivity contribution in [3.8, 4) is 0 Å². The Hall–Kier alpha value is -0.970. The van der Waals surface area contributed by atoms with E-state index in [1.807, 2.05) is 16.8 Å². The third-order valence-corrected chi connectivity index (χ3v) is 3.25. The summed E-state index contributed by atoms with van der Waals surface area (Å²) >= 11 is 3.33. The molecule has 0 bridgehead atoms. The van der Waals surface area contributed by atoms with Gasteiger partial charge in [0, 0.05) is 18.2 Å². The molecule has 1 aliphatic carbocycles. The number of nitrogens with zero attached hydrogens (tertiary/aromatic N) is 3. The number of fused-ring (bicyclic) bond motifs is 1. The van der Waals surface area contributed by atoms with E-state index in [4.69, 9.17) is 0 Å². The minimum atomic E-state index is -0.665. The van der Waals surface area contributed by atoms with Crippen molar-refractivity contribution in [2.75, 3.05) is 0 Å². The largest absolute Gasteiger partial charge is 0.247 e. The monoisotopic (exact) mass is 269 g/mol. The molecule has 0 spiro atoms. The molecule has 0 aromatic carbocycles. The van der Waals surface area contributed by atoms with Gasteiger partial charge in [0.25, 0.3) is 0 Å². The van der Waals surface area contributed by atoms with Crippen LogP contribution in [0.25, 0.3) is 11.0 Å². The molecular formula is C10H9BrFN3. The minimum absolute atomic E-state index is 0.180. The van der Waals surface area contributed by atoms with Crippen molar-refractivity contribution in [2.45, 2.75) is 25.1 Å². The Morgan fingerprint density at radius 1 is 1.40 bits per heavy atom. The molecule has 3 rings (SSSR count). The average molecular weight is 270 g/mol. The molecule has 0 amide bonds. The molecule has 1 aliphatic rings. The first-order valence-electron chi connectivity index (χ1n) is 4.88. The third-order valence-electron chi connectivity index (χ3n) is 2.81. The fourth-order valence-electron chi connectivity index (χ4n) is 1.89. The number of halogens is 2. The topological polar surface area (TPSA) is 30.7 Å². The minimum Gasteiger partial charge on any atom is -0.247 e. The molecule has 0 unspecified atom stereocenters. The Balaban J connectivity index is 2.07. The second-order valence-corrected chi connectivity index (χ2v) is 4.67. The normalized spacial score (nSPS) is 25.5. The van der Waals surface area contributed by atoms with E-state index < -0.39 is 6.17 Å². The predicted octanol–water partition coefficient (Wildman–Crippen LogP) is 2.87. The first kappa shape index (κ1) is 9.27. The zero-order valence-corrected chi connectivity index (χ0v) is 9.48. The fraction of sp³-hybridized carbons (Fsp3) is 0.400. The molecule has 0 atom stereocenters. The van der Waals surface area contributed by atoms with Crippen LogP contribution in [0.4, 0.5) is 4.39 Å². The van der Waals surface area contributed by atoms with Crippen LogP contribution in [-0.4, -0.2) is 20.9 Å². The molecule has 0 N–H and O–H groups in total. The maximum Gasteiger partial charge on any atom is 0.159 e. The first-order chi connectivity index (χ1) is 7.24. The highest BCUT2D eigenvalue weighted by Crippen LogP contribution is 2.35. The fourth-order valence-corrected chi connectivity index (χ4v) is 2.19. The van der Waals surface area contributed by atoms with Gasteiger partial charge in [-0.15, -0.1) is 0 Å². The summed E-state index contributed by atoms with van der Waals surface area (Å²) in [6.45, 7) is 0. The number of aromatic nitrogens is 3. The number of hydrogen-bond acceptors (Lipinski definition) is 2. The molecule has 2 heterocycles. The summed E-state index contributed by atoms with van der Waals surface area (Å²) in [6.07, 6.45) is 2.23. The Bertz CT molecular complexity index is 504. The van der Waals surface area contributed by atoms with Crippen molar-refractivity contribution in [1.82, 2.24) is 14.8 Å². The molecule has 1 saturated carbocycles. The van der Waals surface area contributed by atoms with Crippen LogP contribution in [-0.2, 0) is 0 Å². The van der Waals surface area contributed by atoms with Crippen LogP contribution >= 0.6 is 15.9 Å². The zero-order chi connectivity index (χ0) is 10.4. The Morgan fingerprint density at radius 2 is 2.20 bits per heavy atom. The van der Waals surface area contributed by atoms with Crippen LogP contribution in [0.5, 0.6) is 0 Å². The number of hydrogen-bond donors (Lipinski definition) is 0. The van der Waals surface area contributed by atoms with E-state index >= 15 is 0 Å². The highest BCUT2D eigenvalue weighted by molar-refractivity contribution is 9.10. The van der Waals surface area contributed by atoms with Crippen molar-refractivity contribution in [2.24, 2.45) is 0 Å². The van der Waals surface area contributed by atoms with Gasteiger partial charge in [0.1, 0.15) is 10.8 Å². The van der Waals surface area contributed by atoms with Gasteiger partial charge in [-0.25, -0.2) is 14.1 Å². The molecular weight excluding hydrogens is 261 g/mol. The number of rotatable bonds is 1. The van der Waals surface area contributed by atoms with E-state index in [2.05, 4.69) is 26.0 Å². The summed E-state index contributed by atoms with van der Waals surface area (Å²) in [6, 6.07) is 4.02. The first-order valence-corrected chi connectivity index (χ1v) is 5.67. The van der Waals surface area contributed by atoms with Crippen LogP contribution in [0.1, 0.15) is 18.9 Å². The molecule has 2 aromatic heterocycles. The molecule has 3 nitrogen and oxygen atoms in total. The highest BCUT2D eigenvalue weighted by Gasteiger charge is 2.32. The van der Waals surface area contributed by atoms with Gasteiger partial charge in [-0.1, -0.05) is 0 Å². The lowest BCUT2D eigenvalue weighted by atomic mass is 9.91. The van der Waals surface area contributed by atoms with Gasteiger partial charge in [0.2, 0.25) is 0 Å². The summed E-state index contributed by atoms with van der Waals surface area (Å²) in [5, 5.41) is 5.26. The Labute approximate surface area is 94.4 Å². The van der Waals surface area contributed by atoms with Crippen molar-refractivity contribution in [3.63, 3.8) is 0 Å². The molecule has 15 heavy (non-hydrogen) atoms. The number of pyridine rings is 1. The van der Waals surface area contributed by atoms with Gasteiger partial charge in [0.15, 0.2) is 5.65 Å². The highest BCUT2D eigenvalue weighted by atomic mass is 79.9. The molecule has 0 radical (unpaired) electrons. The lowest BCUT2D eigenvalue weighted by Crippen LogP contribution is -2.28. The van der Waals surface area contributed by atoms with Gasteiger partial charge in [-0.05, 0) is 28.1 Å². The third kappa shape index (κ3) is 1.45. The van der Waals surface area contributed by atoms with E-state index in [0.29, 0.717) is 12.8 Å². The second-order valence-electron chi connectivity index (χ2n) is 3.86. The smallest absolute Gasteiger partial charge is 0.159 e. The van der Waals surface area contributed by atoms with Gasteiger partial charge >= 0.3 is 0 Å². The maximum absolute atomic E-state index is 12.8. The molecule has 1 fully saturated rings. The van der Waals surface area contributed by atoms with Crippen LogP contribution in [0.2, 0.25) is 0 Å². The maximum atomic E-state index is 12.8. The Morgan fingerprint density at radius 3 is 2.93 bits per heavy atom. The van der Waals surface area contributed by atoms with Gasteiger partial charge in [0.05, 0.1) is 12.2 Å². The summed E-state index contributed by atoms with van der Waals surface area (Å²) in [4.78, 5) is 4.36. The van der Waals surface area contributed by atoms with Crippen LogP contribution < -0.4 is 0 Å². The summed E-state index contributed by atoms with van der Waals surface area (Å²) in [5.74, 6) is 0. The average Bonchev–Trinajstić information content (AvgIpc) is 2.56. The molecule has 78 valence electrons. The van der Waals surface area contributed by atoms with Crippen molar-refractivity contribution in [1.29, 1.82) is 0 Å². The van der Waals surface area contributed by atoms with Crippen molar-refractivity contribution < 1.29 is 4.39 Å². The van der Waals surface area contributed by atoms with Crippen LogP contribution in [0.15, 0.2) is 22.9 Å². The molecule has 0 aliphatic heterocycles. The lowest BCUT2D eigenvalue weighted by Gasteiger charge is -2.29. The number of alkyl halides is 1. The van der Waals surface area contributed by atoms with E-state index in [1.165, 1.54) is 0 Å². The van der Waals surface area contributed by atoms with Gasteiger partial charge in [-0.2, -0.15) is 5.10 Å². The molecule has 2 aromatic rings. The van der Waals surface area contributed by atoms with Crippen LogP contribution in [0, 0.1) is 0 Å². The van der Waals surface area contributed by atoms with Gasteiger partial charge < -0.3 is 0 Å².